The number of carbonyl (C=O) groups is 1. The first-order valence-corrected chi connectivity index (χ1v) is 7.77. The molecule has 2 amide bonds. The Kier molecular flexibility index (Phi) is 5.05. The fourth-order valence-electron chi connectivity index (χ4n) is 2.51. The van der Waals surface area contributed by atoms with Crippen LogP contribution in [-0.4, -0.2) is 35.2 Å². The van der Waals surface area contributed by atoms with Crippen LogP contribution in [0.2, 0.25) is 0 Å². The van der Waals surface area contributed by atoms with Gasteiger partial charge in [0.15, 0.2) is 0 Å². The molecule has 1 aromatic carbocycles. The van der Waals surface area contributed by atoms with E-state index in [0.717, 1.165) is 28.6 Å². The number of piperidine rings is 1. The van der Waals surface area contributed by atoms with Gasteiger partial charge in [-0.15, -0.1) is 0 Å². The number of hydrogen-bond acceptors (Lipinski definition) is 2. The summed E-state index contributed by atoms with van der Waals surface area (Å²) < 4.78 is 1.04. The number of hydrogen-bond donors (Lipinski definition) is 2. The SMILES string of the molecule is Cc1cc(NC(=O)N2CCC(C(C)O)CC2)ccc1Br. The number of nitrogens with one attached hydrogen (secondary N) is 1. The average molecular weight is 341 g/mol. The topological polar surface area (TPSA) is 52.6 Å². The van der Waals surface area contributed by atoms with Crippen LogP contribution in [0.1, 0.15) is 25.3 Å². The number of nitrogens with zero attached hydrogens (tertiary/aromatic N) is 1. The molecule has 4 nitrogen and oxygen atoms in total. The highest BCUT2D eigenvalue weighted by Crippen LogP contribution is 2.23. The van der Waals surface area contributed by atoms with E-state index in [1.54, 1.807) is 0 Å². The van der Waals surface area contributed by atoms with Crippen LogP contribution in [0, 0.1) is 12.8 Å². The number of carbonyl (C=O) groups excluding carboxylic acids is 1. The minimum Gasteiger partial charge on any atom is -0.393 e. The van der Waals surface area contributed by atoms with Crippen molar-refractivity contribution in [1.82, 2.24) is 4.90 Å². The second-order valence-electron chi connectivity index (χ2n) is 5.46. The maximum absolute atomic E-state index is 12.2. The molecule has 5 heteroatoms. The molecular formula is C15H21BrN2O2. The molecule has 1 aliphatic rings. The van der Waals surface area contributed by atoms with Crippen molar-refractivity contribution in [2.45, 2.75) is 32.8 Å². The van der Waals surface area contributed by atoms with Gasteiger partial charge in [0.1, 0.15) is 0 Å². The van der Waals surface area contributed by atoms with E-state index in [-0.39, 0.29) is 12.1 Å². The molecule has 110 valence electrons. The lowest BCUT2D eigenvalue weighted by molar-refractivity contribution is 0.0820. The van der Waals surface area contributed by atoms with E-state index < -0.39 is 0 Å². The fourth-order valence-corrected chi connectivity index (χ4v) is 2.76. The van der Waals surface area contributed by atoms with Crippen molar-refractivity contribution >= 4 is 27.6 Å². The molecule has 1 unspecified atom stereocenters. The molecule has 2 rings (SSSR count). The van der Waals surface area contributed by atoms with Crippen molar-refractivity contribution in [2.75, 3.05) is 18.4 Å². The summed E-state index contributed by atoms with van der Waals surface area (Å²) >= 11 is 3.45. The Morgan fingerprint density at radius 2 is 2.10 bits per heavy atom. The highest BCUT2D eigenvalue weighted by atomic mass is 79.9. The van der Waals surface area contributed by atoms with Crippen LogP contribution < -0.4 is 5.32 Å². The summed E-state index contributed by atoms with van der Waals surface area (Å²) in [7, 11) is 0. The summed E-state index contributed by atoms with van der Waals surface area (Å²) in [4.78, 5) is 14.0. The molecule has 0 aromatic heterocycles. The van der Waals surface area contributed by atoms with E-state index in [2.05, 4.69) is 21.2 Å². The largest absolute Gasteiger partial charge is 0.393 e. The van der Waals surface area contributed by atoms with Crippen LogP contribution in [0.3, 0.4) is 0 Å². The molecule has 1 fully saturated rings. The molecule has 0 saturated carbocycles. The third-order valence-electron chi connectivity index (χ3n) is 3.92. The van der Waals surface area contributed by atoms with Gasteiger partial charge >= 0.3 is 6.03 Å². The van der Waals surface area contributed by atoms with Gasteiger partial charge in [0.05, 0.1) is 6.10 Å². The first-order chi connectivity index (χ1) is 9.47. The van der Waals surface area contributed by atoms with E-state index in [9.17, 15) is 9.90 Å². The summed E-state index contributed by atoms with van der Waals surface area (Å²) in [6.07, 6.45) is 1.45. The molecule has 0 bridgehead atoms. The molecule has 20 heavy (non-hydrogen) atoms. The molecule has 0 radical (unpaired) electrons. The standard InChI is InChI=1S/C15H21BrN2O2/c1-10-9-13(3-4-14(10)16)17-15(20)18-7-5-12(6-8-18)11(2)19/h3-4,9,11-12,19H,5-8H2,1-2H3,(H,17,20). The average Bonchev–Trinajstić information content (AvgIpc) is 2.43. The van der Waals surface area contributed by atoms with Gasteiger partial charge in [-0.2, -0.15) is 0 Å². The van der Waals surface area contributed by atoms with Crippen molar-refractivity contribution in [1.29, 1.82) is 0 Å². The van der Waals surface area contributed by atoms with Crippen molar-refractivity contribution in [3.63, 3.8) is 0 Å². The summed E-state index contributed by atoms with van der Waals surface area (Å²) in [5, 5.41) is 12.5. The van der Waals surface area contributed by atoms with Crippen LogP contribution in [0.25, 0.3) is 0 Å². The molecular weight excluding hydrogens is 320 g/mol. The van der Waals surface area contributed by atoms with Crippen LogP contribution in [0.15, 0.2) is 22.7 Å². The molecule has 1 atom stereocenters. The predicted octanol–water partition coefficient (Wildman–Crippen LogP) is 3.38. The zero-order valence-corrected chi connectivity index (χ0v) is 13.5. The Morgan fingerprint density at radius 1 is 1.45 bits per heavy atom. The summed E-state index contributed by atoms with van der Waals surface area (Å²) in [6, 6.07) is 5.71. The van der Waals surface area contributed by atoms with Gasteiger partial charge in [-0.25, -0.2) is 4.79 Å². The molecule has 1 aliphatic heterocycles. The number of urea groups is 1. The van der Waals surface area contributed by atoms with Gasteiger partial charge in [-0.1, -0.05) is 15.9 Å². The zero-order chi connectivity index (χ0) is 14.7. The number of amides is 2. The van der Waals surface area contributed by atoms with E-state index in [4.69, 9.17) is 0 Å². The quantitative estimate of drug-likeness (QED) is 0.866. The van der Waals surface area contributed by atoms with E-state index in [1.165, 1.54) is 0 Å². The van der Waals surface area contributed by atoms with E-state index >= 15 is 0 Å². The smallest absolute Gasteiger partial charge is 0.321 e. The lowest BCUT2D eigenvalue weighted by Crippen LogP contribution is -2.42. The number of anilines is 1. The Morgan fingerprint density at radius 3 is 2.65 bits per heavy atom. The van der Waals surface area contributed by atoms with Gasteiger partial charge in [-0.3, -0.25) is 0 Å². The van der Waals surface area contributed by atoms with Gasteiger partial charge in [0, 0.05) is 23.2 Å². The number of benzene rings is 1. The summed E-state index contributed by atoms with van der Waals surface area (Å²) in [6.45, 7) is 5.23. The van der Waals surface area contributed by atoms with Crippen LogP contribution in [-0.2, 0) is 0 Å². The predicted molar refractivity (Wildman–Crippen MR) is 83.9 cm³/mol. The van der Waals surface area contributed by atoms with E-state index in [0.29, 0.717) is 19.0 Å². The van der Waals surface area contributed by atoms with Crippen molar-refractivity contribution in [2.24, 2.45) is 5.92 Å². The Labute approximate surface area is 128 Å². The van der Waals surface area contributed by atoms with Gasteiger partial charge < -0.3 is 15.3 Å². The highest BCUT2D eigenvalue weighted by molar-refractivity contribution is 9.10. The Balaban J connectivity index is 1.91. The molecule has 0 aliphatic carbocycles. The number of halogens is 1. The first kappa shape index (κ1) is 15.3. The number of rotatable bonds is 2. The summed E-state index contributed by atoms with van der Waals surface area (Å²) in [5.74, 6) is 0.314. The number of aryl methyl sites for hydroxylation is 1. The van der Waals surface area contributed by atoms with Crippen LogP contribution in [0.4, 0.5) is 10.5 Å². The second-order valence-corrected chi connectivity index (χ2v) is 6.31. The molecule has 1 aromatic rings. The van der Waals surface area contributed by atoms with Gasteiger partial charge in [-0.05, 0) is 56.4 Å². The maximum Gasteiger partial charge on any atom is 0.321 e. The Bertz CT molecular complexity index is 483. The lowest BCUT2D eigenvalue weighted by atomic mass is 9.92. The first-order valence-electron chi connectivity index (χ1n) is 6.97. The molecule has 1 heterocycles. The van der Waals surface area contributed by atoms with Gasteiger partial charge in [0.2, 0.25) is 0 Å². The van der Waals surface area contributed by atoms with Crippen LogP contribution in [0.5, 0.6) is 0 Å². The third kappa shape index (κ3) is 3.73. The lowest BCUT2D eigenvalue weighted by Gasteiger charge is -2.33. The van der Waals surface area contributed by atoms with Crippen molar-refractivity contribution < 1.29 is 9.90 Å². The summed E-state index contributed by atoms with van der Waals surface area (Å²) in [5.41, 5.74) is 1.91. The van der Waals surface area contributed by atoms with Gasteiger partial charge in [0.25, 0.3) is 0 Å². The van der Waals surface area contributed by atoms with Crippen molar-refractivity contribution in [3.8, 4) is 0 Å². The normalized spacial score (nSPS) is 17.9. The molecule has 1 saturated heterocycles. The van der Waals surface area contributed by atoms with Crippen LogP contribution >= 0.6 is 15.9 Å². The highest BCUT2D eigenvalue weighted by Gasteiger charge is 2.25. The fraction of sp³-hybridized carbons (Fsp3) is 0.533. The number of aliphatic hydroxyl groups is 1. The third-order valence-corrected chi connectivity index (χ3v) is 4.81. The van der Waals surface area contributed by atoms with Crippen molar-refractivity contribution in [3.05, 3.63) is 28.2 Å². The Hall–Kier alpha value is -1.07. The molecule has 2 N–H and O–H groups in total. The monoisotopic (exact) mass is 340 g/mol. The minimum absolute atomic E-state index is 0.0595. The van der Waals surface area contributed by atoms with E-state index in [1.807, 2.05) is 36.9 Å². The number of aliphatic hydroxyl groups excluding tert-OH is 1. The maximum atomic E-state index is 12.2. The molecule has 0 spiro atoms. The second kappa shape index (κ2) is 6.59. The zero-order valence-electron chi connectivity index (χ0n) is 11.9. The number of likely N-dealkylation sites (tertiary alicyclic amines) is 1. The minimum atomic E-state index is -0.283.